The van der Waals surface area contributed by atoms with Crippen LogP contribution in [0.15, 0.2) is 23.3 Å². The lowest BCUT2D eigenvalue weighted by atomic mass is 9.70. The van der Waals surface area contributed by atoms with Crippen molar-refractivity contribution in [2.45, 2.75) is 34.6 Å². The average molecular weight is 150 g/mol. The highest BCUT2D eigenvalue weighted by atomic mass is 14.3. The monoisotopic (exact) mass is 150 g/mol. The van der Waals surface area contributed by atoms with Gasteiger partial charge in [0.25, 0.3) is 0 Å². The minimum atomic E-state index is 0.361. The molecule has 0 aromatic rings. The Bertz CT molecular complexity index is 216. The van der Waals surface area contributed by atoms with Crippen LogP contribution in [0.4, 0.5) is 0 Å². The van der Waals surface area contributed by atoms with Crippen molar-refractivity contribution in [3.63, 3.8) is 0 Å². The molecule has 1 aliphatic rings. The Balaban J connectivity index is 3.01. The third-order valence-corrected chi connectivity index (χ3v) is 3.11. The summed E-state index contributed by atoms with van der Waals surface area (Å²) in [6.45, 7) is 11.3. The van der Waals surface area contributed by atoms with Crippen LogP contribution in [0.5, 0.6) is 0 Å². The second-order valence-electron chi connectivity index (χ2n) is 4.25. The van der Waals surface area contributed by atoms with Crippen molar-refractivity contribution in [2.24, 2.45) is 11.3 Å². The summed E-state index contributed by atoms with van der Waals surface area (Å²) in [7, 11) is 0. The average Bonchev–Trinajstić information content (AvgIpc) is 1.84. The highest BCUT2D eigenvalue weighted by molar-refractivity contribution is 5.31. The van der Waals surface area contributed by atoms with E-state index in [0.29, 0.717) is 11.3 Å². The largest absolute Gasteiger partial charge is 0.0779 e. The van der Waals surface area contributed by atoms with Gasteiger partial charge in [-0.3, -0.25) is 0 Å². The normalized spacial score (nSPS) is 29.4. The van der Waals surface area contributed by atoms with E-state index in [2.05, 4.69) is 46.8 Å². The zero-order valence-electron chi connectivity index (χ0n) is 8.23. The van der Waals surface area contributed by atoms with E-state index in [1.165, 1.54) is 11.1 Å². The van der Waals surface area contributed by atoms with Crippen LogP contribution in [-0.2, 0) is 0 Å². The minimum Gasteiger partial charge on any atom is -0.0779 e. The van der Waals surface area contributed by atoms with E-state index < -0.39 is 0 Å². The highest BCUT2D eigenvalue weighted by Crippen LogP contribution is 2.39. The van der Waals surface area contributed by atoms with Gasteiger partial charge >= 0.3 is 0 Å². The van der Waals surface area contributed by atoms with Crippen molar-refractivity contribution < 1.29 is 0 Å². The lowest BCUT2D eigenvalue weighted by molar-refractivity contribution is 0.336. The maximum absolute atomic E-state index is 2.35. The van der Waals surface area contributed by atoms with E-state index in [0.717, 1.165) is 0 Å². The highest BCUT2D eigenvalue weighted by Gasteiger charge is 2.28. The van der Waals surface area contributed by atoms with Crippen molar-refractivity contribution in [1.29, 1.82) is 0 Å². The number of rotatable bonds is 0. The molecule has 0 heteroatoms. The van der Waals surface area contributed by atoms with Crippen LogP contribution < -0.4 is 0 Å². The summed E-state index contributed by atoms with van der Waals surface area (Å²) in [5, 5.41) is 0. The number of allylic oxidation sites excluding steroid dienone is 4. The lowest BCUT2D eigenvalue weighted by Gasteiger charge is -2.34. The molecular weight excluding hydrogens is 132 g/mol. The van der Waals surface area contributed by atoms with Gasteiger partial charge in [0.05, 0.1) is 0 Å². The third kappa shape index (κ3) is 1.40. The van der Waals surface area contributed by atoms with Crippen molar-refractivity contribution in [3.05, 3.63) is 23.3 Å². The second-order valence-corrected chi connectivity index (χ2v) is 4.25. The summed E-state index contributed by atoms with van der Waals surface area (Å²) in [6, 6.07) is 0. The number of hydrogen-bond acceptors (Lipinski definition) is 0. The molecule has 1 unspecified atom stereocenters. The quantitative estimate of drug-likeness (QED) is 0.495. The molecule has 0 aromatic carbocycles. The molecule has 0 saturated carbocycles. The molecule has 0 aliphatic heterocycles. The molecule has 62 valence electrons. The molecule has 0 heterocycles. The Hall–Kier alpha value is -0.520. The fourth-order valence-corrected chi connectivity index (χ4v) is 1.54. The van der Waals surface area contributed by atoms with Gasteiger partial charge < -0.3 is 0 Å². The minimum absolute atomic E-state index is 0.361. The predicted molar refractivity (Wildman–Crippen MR) is 50.5 cm³/mol. The molecule has 0 nitrogen and oxygen atoms in total. The zero-order chi connectivity index (χ0) is 8.65. The third-order valence-electron chi connectivity index (χ3n) is 3.11. The summed E-state index contributed by atoms with van der Waals surface area (Å²) in [6.07, 6.45) is 4.65. The molecule has 0 bridgehead atoms. The molecule has 0 spiro atoms. The lowest BCUT2D eigenvalue weighted by Crippen LogP contribution is -2.24. The standard InChI is InChI=1S/C11H18/c1-8-6-9(2)11(4,5)10(3)7-8/h6-7,9H,1-5H3. The van der Waals surface area contributed by atoms with Crippen LogP contribution in [0.3, 0.4) is 0 Å². The summed E-state index contributed by atoms with van der Waals surface area (Å²) >= 11 is 0. The van der Waals surface area contributed by atoms with E-state index in [-0.39, 0.29) is 0 Å². The fourth-order valence-electron chi connectivity index (χ4n) is 1.54. The summed E-state index contributed by atoms with van der Waals surface area (Å²) < 4.78 is 0. The number of hydrogen-bond donors (Lipinski definition) is 0. The van der Waals surface area contributed by atoms with Gasteiger partial charge in [0.2, 0.25) is 0 Å². The first kappa shape index (κ1) is 8.58. The van der Waals surface area contributed by atoms with Gasteiger partial charge in [-0.1, -0.05) is 44.1 Å². The van der Waals surface area contributed by atoms with Crippen molar-refractivity contribution in [2.75, 3.05) is 0 Å². The van der Waals surface area contributed by atoms with Crippen molar-refractivity contribution in [1.82, 2.24) is 0 Å². The molecule has 0 aromatic heterocycles. The molecule has 0 saturated heterocycles. The maximum atomic E-state index is 2.35. The maximum Gasteiger partial charge on any atom is -0.00839 e. The molecule has 0 N–H and O–H groups in total. The summed E-state index contributed by atoms with van der Waals surface area (Å²) in [5.41, 5.74) is 3.28. The van der Waals surface area contributed by atoms with Crippen LogP contribution in [0.25, 0.3) is 0 Å². The van der Waals surface area contributed by atoms with E-state index in [1.807, 2.05) is 0 Å². The van der Waals surface area contributed by atoms with Crippen molar-refractivity contribution in [3.8, 4) is 0 Å². The summed E-state index contributed by atoms with van der Waals surface area (Å²) in [4.78, 5) is 0. The van der Waals surface area contributed by atoms with Gasteiger partial charge in [0, 0.05) is 0 Å². The first-order valence-corrected chi connectivity index (χ1v) is 4.32. The zero-order valence-corrected chi connectivity index (χ0v) is 8.23. The Morgan fingerprint density at radius 3 is 2.27 bits per heavy atom. The van der Waals surface area contributed by atoms with Crippen LogP contribution in [0, 0.1) is 11.3 Å². The van der Waals surface area contributed by atoms with Gasteiger partial charge in [0.1, 0.15) is 0 Å². The predicted octanol–water partition coefficient (Wildman–Crippen LogP) is 3.55. The van der Waals surface area contributed by atoms with Crippen LogP contribution in [0.1, 0.15) is 34.6 Å². The molecule has 1 atom stereocenters. The molecule has 1 rings (SSSR count). The molecule has 0 radical (unpaired) electrons. The first-order chi connectivity index (χ1) is 4.94. The van der Waals surface area contributed by atoms with Gasteiger partial charge in [-0.05, 0) is 25.2 Å². The Kier molecular flexibility index (Phi) is 1.96. The molecular formula is C11H18. The molecule has 11 heavy (non-hydrogen) atoms. The van der Waals surface area contributed by atoms with Crippen LogP contribution >= 0.6 is 0 Å². The second kappa shape index (κ2) is 2.51. The van der Waals surface area contributed by atoms with Gasteiger partial charge in [-0.2, -0.15) is 0 Å². The van der Waals surface area contributed by atoms with E-state index in [4.69, 9.17) is 0 Å². The SMILES string of the molecule is CC1=CC(C)C(C)(C)C(C)=C1. The smallest absolute Gasteiger partial charge is 0.00839 e. The Labute approximate surface area is 70.0 Å². The molecule has 1 aliphatic carbocycles. The van der Waals surface area contributed by atoms with Gasteiger partial charge in [0.15, 0.2) is 0 Å². The van der Waals surface area contributed by atoms with E-state index in [1.54, 1.807) is 0 Å². The Morgan fingerprint density at radius 2 is 1.82 bits per heavy atom. The molecule has 0 fully saturated rings. The molecule has 0 amide bonds. The van der Waals surface area contributed by atoms with Gasteiger partial charge in [-0.15, -0.1) is 0 Å². The van der Waals surface area contributed by atoms with Crippen LogP contribution in [-0.4, -0.2) is 0 Å². The first-order valence-electron chi connectivity index (χ1n) is 4.32. The van der Waals surface area contributed by atoms with E-state index >= 15 is 0 Å². The van der Waals surface area contributed by atoms with Crippen molar-refractivity contribution >= 4 is 0 Å². The summed E-state index contributed by atoms with van der Waals surface area (Å²) in [5.74, 6) is 0.674. The van der Waals surface area contributed by atoms with Crippen LogP contribution in [0.2, 0.25) is 0 Å². The van der Waals surface area contributed by atoms with Gasteiger partial charge in [-0.25, -0.2) is 0 Å². The fraction of sp³-hybridized carbons (Fsp3) is 0.636. The topological polar surface area (TPSA) is 0 Å². The van der Waals surface area contributed by atoms with E-state index in [9.17, 15) is 0 Å². The Morgan fingerprint density at radius 1 is 1.27 bits per heavy atom.